The highest BCUT2D eigenvalue weighted by atomic mass is 15.0. The van der Waals surface area contributed by atoms with Crippen LogP contribution in [-0.4, -0.2) is 14.1 Å². The second-order valence-corrected chi connectivity index (χ2v) is 12.8. The maximum absolute atomic E-state index is 4.90. The predicted molar refractivity (Wildman–Crippen MR) is 201 cm³/mol. The molecule has 11 aromatic rings. The van der Waals surface area contributed by atoms with Gasteiger partial charge in [-0.25, -0.2) is 0 Å². The predicted octanol–water partition coefficient (Wildman–Crippen LogP) is 11.8. The van der Waals surface area contributed by atoms with Crippen LogP contribution < -0.4 is 0 Å². The number of aromatic nitrogens is 3. The molecule has 0 spiro atoms. The summed E-state index contributed by atoms with van der Waals surface area (Å²) in [5.74, 6) is 0. The van der Waals surface area contributed by atoms with Crippen molar-refractivity contribution in [2.45, 2.75) is 0 Å². The van der Waals surface area contributed by atoms with Crippen molar-refractivity contribution in [3.63, 3.8) is 0 Å². The Morgan fingerprint density at radius 3 is 1.06 bits per heavy atom. The Morgan fingerprint density at radius 1 is 0.312 bits per heavy atom. The van der Waals surface area contributed by atoms with Gasteiger partial charge < -0.3 is 9.13 Å². The lowest BCUT2D eigenvalue weighted by Gasteiger charge is -2.10. The minimum Gasteiger partial charge on any atom is -0.309 e. The van der Waals surface area contributed by atoms with Crippen molar-refractivity contribution >= 4 is 65.2 Å². The SMILES string of the molecule is c1cc2ccc3cccc4c3c2c(c1)n4-c1ccc(-c2ccc(-c3ccc(-n4c5cccc6ccc7cccc4c7c65)cc3)nc2)cc1. The van der Waals surface area contributed by atoms with Crippen LogP contribution in [0.4, 0.5) is 0 Å². The van der Waals surface area contributed by atoms with Crippen molar-refractivity contribution in [1.82, 2.24) is 14.1 Å². The lowest BCUT2D eigenvalue weighted by Crippen LogP contribution is -1.94. The summed E-state index contributed by atoms with van der Waals surface area (Å²) in [5, 5.41) is 10.5. The molecular formula is C45H27N3. The second kappa shape index (κ2) is 9.54. The molecule has 0 N–H and O–H groups in total. The number of nitrogens with zero attached hydrogens (tertiary/aromatic N) is 3. The van der Waals surface area contributed by atoms with Gasteiger partial charge >= 0.3 is 0 Å². The Bertz CT molecular complexity index is 2620. The molecular weight excluding hydrogens is 583 g/mol. The number of benzene rings is 8. The van der Waals surface area contributed by atoms with Crippen molar-refractivity contribution in [2.24, 2.45) is 0 Å². The molecule has 3 aromatic heterocycles. The van der Waals surface area contributed by atoms with E-state index in [4.69, 9.17) is 4.98 Å². The Balaban J connectivity index is 0.923. The Morgan fingerprint density at radius 2 is 0.688 bits per heavy atom. The van der Waals surface area contributed by atoms with E-state index in [1.54, 1.807) is 0 Å². The van der Waals surface area contributed by atoms with Gasteiger partial charge in [-0.05, 0) is 81.7 Å². The minimum absolute atomic E-state index is 0.965. The van der Waals surface area contributed by atoms with Crippen molar-refractivity contribution < 1.29 is 0 Å². The molecule has 11 rings (SSSR count). The molecule has 0 bridgehead atoms. The molecule has 222 valence electrons. The highest BCUT2D eigenvalue weighted by molar-refractivity contribution is 6.25. The van der Waals surface area contributed by atoms with Crippen LogP contribution in [0.15, 0.2) is 164 Å². The number of hydrogen-bond acceptors (Lipinski definition) is 1. The van der Waals surface area contributed by atoms with Crippen LogP contribution in [0.25, 0.3) is 98.9 Å². The molecule has 0 saturated heterocycles. The van der Waals surface area contributed by atoms with Gasteiger partial charge in [-0.15, -0.1) is 0 Å². The molecule has 0 amide bonds. The third-order valence-electron chi connectivity index (χ3n) is 10.3. The van der Waals surface area contributed by atoms with Crippen LogP contribution in [-0.2, 0) is 0 Å². The fraction of sp³-hybridized carbons (Fsp3) is 0. The van der Waals surface area contributed by atoms with E-state index in [0.29, 0.717) is 0 Å². The first-order valence-corrected chi connectivity index (χ1v) is 16.5. The van der Waals surface area contributed by atoms with Gasteiger partial charge in [0.05, 0.1) is 27.8 Å². The average Bonchev–Trinajstić information content (AvgIpc) is 3.68. The van der Waals surface area contributed by atoms with E-state index in [9.17, 15) is 0 Å². The molecule has 0 aliphatic carbocycles. The number of rotatable bonds is 4. The van der Waals surface area contributed by atoms with E-state index < -0.39 is 0 Å². The van der Waals surface area contributed by atoms with Gasteiger partial charge in [-0.1, -0.05) is 103 Å². The first-order valence-electron chi connectivity index (χ1n) is 16.5. The molecule has 0 radical (unpaired) electrons. The lowest BCUT2D eigenvalue weighted by atomic mass is 10.0. The average molecular weight is 610 g/mol. The van der Waals surface area contributed by atoms with E-state index >= 15 is 0 Å². The minimum atomic E-state index is 0.965. The van der Waals surface area contributed by atoms with Gasteiger partial charge in [-0.3, -0.25) is 4.98 Å². The zero-order valence-corrected chi connectivity index (χ0v) is 25.9. The van der Waals surface area contributed by atoms with Crippen LogP contribution in [0.3, 0.4) is 0 Å². The maximum Gasteiger partial charge on any atom is 0.0702 e. The van der Waals surface area contributed by atoms with E-state index in [2.05, 4.69) is 167 Å². The van der Waals surface area contributed by atoms with Crippen molar-refractivity contribution in [1.29, 1.82) is 0 Å². The molecule has 0 unspecified atom stereocenters. The molecule has 0 saturated carbocycles. The van der Waals surface area contributed by atoms with Crippen LogP contribution in [0, 0.1) is 0 Å². The zero-order chi connectivity index (χ0) is 31.3. The zero-order valence-electron chi connectivity index (χ0n) is 25.9. The van der Waals surface area contributed by atoms with E-state index in [0.717, 1.165) is 33.8 Å². The number of pyridine rings is 1. The molecule has 8 aromatic carbocycles. The molecule has 3 nitrogen and oxygen atoms in total. The molecule has 3 heterocycles. The van der Waals surface area contributed by atoms with Gasteiger partial charge in [0.25, 0.3) is 0 Å². The highest BCUT2D eigenvalue weighted by Gasteiger charge is 2.17. The highest BCUT2D eigenvalue weighted by Crippen LogP contribution is 2.40. The Hall–Kier alpha value is -6.45. The Labute approximate surface area is 276 Å². The summed E-state index contributed by atoms with van der Waals surface area (Å²) >= 11 is 0. The van der Waals surface area contributed by atoms with Gasteiger partial charge in [0.1, 0.15) is 0 Å². The third-order valence-corrected chi connectivity index (χ3v) is 10.3. The fourth-order valence-electron chi connectivity index (χ4n) is 8.12. The molecule has 0 aliphatic heterocycles. The van der Waals surface area contributed by atoms with Crippen molar-refractivity contribution in [2.75, 3.05) is 0 Å². The topological polar surface area (TPSA) is 22.8 Å². The normalized spacial score (nSPS) is 12.2. The smallest absolute Gasteiger partial charge is 0.0702 e. The summed E-state index contributed by atoms with van der Waals surface area (Å²) in [4.78, 5) is 4.90. The van der Waals surface area contributed by atoms with Crippen LogP contribution in [0.5, 0.6) is 0 Å². The summed E-state index contributed by atoms with van der Waals surface area (Å²) in [6.45, 7) is 0. The molecule has 0 fully saturated rings. The summed E-state index contributed by atoms with van der Waals surface area (Å²) < 4.78 is 4.78. The standard InChI is InChI=1S/C45H27N3/c1-5-30-13-14-31-6-2-10-39-43(31)42(30)38(9-1)47(39)35-22-17-28(18-23-35)34-21-26-37(46-27-34)29-19-24-36(25-20-29)48-40-11-3-7-32-15-16-33-8-4-12-41(48)45(33)44(32)40/h1-27H. The molecule has 48 heavy (non-hydrogen) atoms. The fourth-order valence-corrected chi connectivity index (χ4v) is 8.12. The molecule has 0 atom stereocenters. The van der Waals surface area contributed by atoms with Gasteiger partial charge in [0, 0.05) is 50.2 Å². The Kier molecular flexibility index (Phi) is 5.11. The second-order valence-electron chi connectivity index (χ2n) is 12.8. The monoisotopic (exact) mass is 609 g/mol. The van der Waals surface area contributed by atoms with Gasteiger partial charge in [0.15, 0.2) is 0 Å². The van der Waals surface area contributed by atoms with E-state index in [1.807, 2.05) is 6.20 Å². The van der Waals surface area contributed by atoms with Crippen LogP contribution in [0.2, 0.25) is 0 Å². The number of hydrogen-bond donors (Lipinski definition) is 0. The lowest BCUT2D eigenvalue weighted by molar-refractivity contribution is 1.18. The maximum atomic E-state index is 4.90. The van der Waals surface area contributed by atoms with E-state index in [1.165, 1.54) is 65.2 Å². The largest absolute Gasteiger partial charge is 0.309 e. The first-order chi connectivity index (χ1) is 23.8. The molecule has 0 aliphatic rings. The van der Waals surface area contributed by atoms with Crippen LogP contribution in [0.1, 0.15) is 0 Å². The quantitative estimate of drug-likeness (QED) is 0.182. The molecule has 3 heteroatoms. The van der Waals surface area contributed by atoms with Crippen LogP contribution >= 0.6 is 0 Å². The van der Waals surface area contributed by atoms with Gasteiger partial charge in [-0.2, -0.15) is 0 Å². The van der Waals surface area contributed by atoms with Crippen molar-refractivity contribution in [3.05, 3.63) is 164 Å². The first kappa shape index (κ1) is 25.7. The third kappa shape index (κ3) is 3.50. The summed E-state index contributed by atoms with van der Waals surface area (Å²) in [7, 11) is 0. The summed E-state index contributed by atoms with van der Waals surface area (Å²) in [5.41, 5.74) is 11.6. The summed E-state index contributed by atoms with van der Waals surface area (Å²) in [6, 6.07) is 57.3. The van der Waals surface area contributed by atoms with Crippen molar-refractivity contribution in [3.8, 4) is 33.8 Å². The summed E-state index contributed by atoms with van der Waals surface area (Å²) in [6.07, 6.45) is 1.99. The van der Waals surface area contributed by atoms with E-state index in [-0.39, 0.29) is 0 Å². The van der Waals surface area contributed by atoms with Gasteiger partial charge in [0.2, 0.25) is 0 Å².